The summed E-state index contributed by atoms with van der Waals surface area (Å²) >= 11 is 1.65. The lowest BCUT2D eigenvalue weighted by Gasteiger charge is -2.36. The first kappa shape index (κ1) is 30.3. The summed E-state index contributed by atoms with van der Waals surface area (Å²) in [5.41, 5.74) is 3.46. The number of thiophene rings is 1. The van der Waals surface area contributed by atoms with E-state index in [0.717, 1.165) is 62.8 Å². The topological polar surface area (TPSA) is 38.8 Å². The van der Waals surface area contributed by atoms with Gasteiger partial charge in [0.25, 0.3) is 0 Å². The minimum Gasteiger partial charge on any atom is -0.543 e. The fraction of sp³-hybridized carbons (Fsp3) is 0.361. The third kappa shape index (κ3) is 6.72. The number of carbonyl (C=O) groups excluding carboxylic acids is 1. The normalized spacial score (nSPS) is 14.6. The minimum absolute atomic E-state index is 0.0157. The lowest BCUT2D eigenvalue weighted by atomic mass is 9.97. The number of carbonyl (C=O) groups is 1. The van der Waals surface area contributed by atoms with Gasteiger partial charge in [0.05, 0.1) is 0 Å². The van der Waals surface area contributed by atoms with Gasteiger partial charge in [-0.25, -0.2) is 0 Å². The van der Waals surface area contributed by atoms with E-state index in [9.17, 15) is 4.79 Å². The molecule has 1 aliphatic heterocycles. The van der Waals surface area contributed by atoms with Crippen molar-refractivity contribution in [3.63, 3.8) is 0 Å². The molecule has 1 saturated heterocycles. The van der Waals surface area contributed by atoms with Crippen molar-refractivity contribution in [1.29, 1.82) is 0 Å². The SMILES string of the molecule is C=Cc1ccc(-c2sc3cc(O[Si](C)(C)C(C)(C)C)ccc3c2C(=O)c2ccc(OCCN3CCCCC3)cc2)cc1. The van der Waals surface area contributed by atoms with Crippen molar-refractivity contribution < 1.29 is 14.0 Å². The highest BCUT2D eigenvalue weighted by Crippen LogP contribution is 2.43. The summed E-state index contributed by atoms with van der Waals surface area (Å²) in [5, 5.41) is 1.05. The van der Waals surface area contributed by atoms with Crippen molar-refractivity contribution in [2.45, 2.75) is 58.2 Å². The number of ketones is 1. The van der Waals surface area contributed by atoms with Crippen molar-refractivity contribution in [3.8, 4) is 21.9 Å². The molecule has 0 spiro atoms. The molecule has 1 aromatic heterocycles. The van der Waals surface area contributed by atoms with Crippen molar-refractivity contribution >= 4 is 41.6 Å². The van der Waals surface area contributed by atoms with E-state index in [1.807, 2.05) is 48.5 Å². The quantitative estimate of drug-likeness (QED) is 0.135. The van der Waals surface area contributed by atoms with E-state index in [1.165, 1.54) is 19.3 Å². The van der Waals surface area contributed by atoms with Crippen LogP contribution >= 0.6 is 11.3 Å². The summed E-state index contributed by atoms with van der Waals surface area (Å²) < 4.78 is 13.7. The van der Waals surface area contributed by atoms with Crippen LogP contribution in [0, 0.1) is 0 Å². The molecular formula is C36H43NO3SSi. The van der Waals surface area contributed by atoms with Gasteiger partial charge in [-0.05, 0) is 97.7 Å². The van der Waals surface area contributed by atoms with E-state index in [2.05, 4.69) is 69.6 Å². The Bertz CT molecular complexity index is 1540. The van der Waals surface area contributed by atoms with Crippen molar-refractivity contribution in [3.05, 3.63) is 90.0 Å². The van der Waals surface area contributed by atoms with Crippen LogP contribution in [0.2, 0.25) is 18.1 Å². The first-order valence-corrected chi connectivity index (χ1v) is 18.8. The Morgan fingerprint density at radius 2 is 1.62 bits per heavy atom. The maximum Gasteiger partial charge on any atom is 0.250 e. The predicted molar refractivity (Wildman–Crippen MR) is 181 cm³/mol. The fourth-order valence-electron chi connectivity index (χ4n) is 5.11. The molecule has 2 heterocycles. The zero-order valence-corrected chi connectivity index (χ0v) is 27.5. The number of nitrogens with zero attached hydrogens (tertiary/aromatic N) is 1. The van der Waals surface area contributed by atoms with Gasteiger partial charge >= 0.3 is 0 Å². The molecule has 0 aliphatic carbocycles. The molecule has 5 rings (SSSR count). The second kappa shape index (κ2) is 12.6. The van der Waals surface area contributed by atoms with Crippen LogP contribution in [0.5, 0.6) is 11.5 Å². The van der Waals surface area contributed by atoms with Crippen LogP contribution in [0.25, 0.3) is 26.6 Å². The Morgan fingerprint density at radius 3 is 2.26 bits per heavy atom. The second-order valence-electron chi connectivity index (χ2n) is 12.8. The third-order valence-electron chi connectivity index (χ3n) is 8.72. The number of piperidine rings is 1. The van der Waals surface area contributed by atoms with Crippen LogP contribution in [0.4, 0.5) is 0 Å². The zero-order chi connectivity index (χ0) is 29.9. The molecule has 1 fully saturated rings. The number of rotatable bonds is 10. The number of hydrogen-bond acceptors (Lipinski definition) is 5. The third-order valence-corrected chi connectivity index (χ3v) is 14.3. The number of fused-ring (bicyclic) bond motifs is 1. The molecule has 1 aliphatic rings. The molecule has 0 bridgehead atoms. The molecule has 220 valence electrons. The van der Waals surface area contributed by atoms with Gasteiger partial charge in [-0.3, -0.25) is 9.69 Å². The number of benzene rings is 3. The summed E-state index contributed by atoms with van der Waals surface area (Å²) in [6.45, 7) is 19.1. The molecule has 4 aromatic rings. The van der Waals surface area contributed by atoms with Gasteiger partial charge < -0.3 is 9.16 Å². The lowest BCUT2D eigenvalue weighted by Crippen LogP contribution is -2.43. The first-order chi connectivity index (χ1) is 20.1. The van der Waals surface area contributed by atoms with E-state index >= 15 is 0 Å². The molecule has 3 aromatic carbocycles. The monoisotopic (exact) mass is 597 g/mol. The highest BCUT2D eigenvalue weighted by molar-refractivity contribution is 7.22. The maximum atomic E-state index is 14.1. The van der Waals surface area contributed by atoms with Crippen LogP contribution in [0.15, 0.2) is 73.3 Å². The fourth-order valence-corrected chi connectivity index (χ4v) is 7.37. The average Bonchev–Trinajstić information content (AvgIpc) is 3.35. The average molecular weight is 598 g/mol. The van der Waals surface area contributed by atoms with Crippen LogP contribution in [0.3, 0.4) is 0 Å². The van der Waals surface area contributed by atoms with E-state index in [4.69, 9.17) is 9.16 Å². The first-order valence-electron chi connectivity index (χ1n) is 15.0. The Hall–Kier alpha value is -3.19. The highest BCUT2D eigenvalue weighted by Gasteiger charge is 2.39. The second-order valence-corrected chi connectivity index (χ2v) is 18.5. The minimum atomic E-state index is -2.00. The van der Waals surface area contributed by atoms with Gasteiger partial charge in [0.15, 0.2) is 5.78 Å². The van der Waals surface area contributed by atoms with E-state index in [1.54, 1.807) is 11.3 Å². The predicted octanol–water partition coefficient (Wildman–Crippen LogP) is 9.69. The van der Waals surface area contributed by atoms with Crippen LogP contribution in [-0.2, 0) is 0 Å². The number of hydrogen-bond donors (Lipinski definition) is 0. The Labute approximate surface area is 256 Å². The Morgan fingerprint density at radius 1 is 0.952 bits per heavy atom. The van der Waals surface area contributed by atoms with Gasteiger partial charge in [-0.1, -0.05) is 64.1 Å². The maximum absolute atomic E-state index is 14.1. The number of likely N-dealkylation sites (tertiary alicyclic amines) is 1. The van der Waals surface area contributed by atoms with Crippen molar-refractivity contribution in [2.75, 3.05) is 26.2 Å². The standard InChI is InChI=1S/C36H43NO3SSi/c1-7-26-11-13-28(14-12-26)35-33(31-20-19-30(25-32(31)41-35)40-42(5,6)36(2,3)4)34(38)27-15-17-29(18-16-27)39-24-23-37-21-9-8-10-22-37/h7,11-20,25H,1,8-10,21-24H2,2-6H3. The molecule has 6 heteroatoms. The van der Waals surface area contributed by atoms with E-state index < -0.39 is 8.32 Å². The zero-order valence-electron chi connectivity index (χ0n) is 25.7. The van der Waals surface area contributed by atoms with Crippen molar-refractivity contribution in [1.82, 2.24) is 4.90 Å². The smallest absolute Gasteiger partial charge is 0.250 e. The lowest BCUT2D eigenvalue weighted by molar-refractivity contribution is 0.104. The summed E-state index contributed by atoms with van der Waals surface area (Å²) in [7, 11) is -2.00. The van der Waals surface area contributed by atoms with Crippen molar-refractivity contribution in [2.24, 2.45) is 0 Å². The molecule has 0 radical (unpaired) electrons. The van der Waals surface area contributed by atoms with E-state index in [-0.39, 0.29) is 10.8 Å². The van der Waals surface area contributed by atoms with Gasteiger partial charge in [-0.2, -0.15) is 0 Å². The Balaban J connectivity index is 1.44. The Kier molecular flexibility index (Phi) is 9.07. The molecule has 0 amide bonds. The molecule has 0 saturated carbocycles. The summed E-state index contributed by atoms with van der Waals surface area (Å²) in [5.74, 6) is 1.68. The van der Waals surface area contributed by atoms with E-state index in [0.29, 0.717) is 12.2 Å². The summed E-state index contributed by atoms with van der Waals surface area (Å²) in [4.78, 5) is 17.6. The van der Waals surface area contributed by atoms with Crippen LogP contribution < -0.4 is 9.16 Å². The van der Waals surface area contributed by atoms with Gasteiger partial charge in [0.1, 0.15) is 18.1 Å². The summed E-state index contributed by atoms with van der Waals surface area (Å²) in [6, 6.07) is 22.0. The summed E-state index contributed by atoms with van der Waals surface area (Å²) in [6.07, 6.45) is 5.72. The van der Waals surface area contributed by atoms with Crippen LogP contribution in [0.1, 0.15) is 61.5 Å². The molecule has 0 N–H and O–H groups in total. The number of ether oxygens (including phenoxy) is 1. The molecular weight excluding hydrogens is 555 g/mol. The van der Waals surface area contributed by atoms with Gasteiger partial charge in [0.2, 0.25) is 8.32 Å². The van der Waals surface area contributed by atoms with Gasteiger partial charge in [0, 0.05) is 32.6 Å². The van der Waals surface area contributed by atoms with Crippen LogP contribution in [-0.4, -0.2) is 45.2 Å². The highest BCUT2D eigenvalue weighted by atomic mass is 32.1. The molecule has 0 unspecified atom stereocenters. The molecule has 0 atom stereocenters. The molecule has 4 nitrogen and oxygen atoms in total. The molecule has 42 heavy (non-hydrogen) atoms. The van der Waals surface area contributed by atoms with Gasteiger partial charge in [-0.15, -0.1) is 11.3 Å². The largest absolute Gasteiger partial charge is 0.543 e.